The van der Waals surface area contributed by atoms with Gasteiger partial charge in [-0.15, -0.1) is 0 Å². The van der Waals surface area contributed by atoms with E-state index in [0.717, 1.165) is 0 Å². The zero-order chi connectivity index (χ0) is 29.9. The highest BCUT2D eigenvalue weighted by Gasteiger charge is 2.26. The lowest BCUT2D eigenvalue weighted by Gasteiger charge is -2.16. The molecule has 4 rings (SSSR count). The van der Waals surface area contributed by atoms with Crippen LogP contribution in [0.3, 0.4) is 0 Å². The van der Waals surface area contributed by atoms with Gasteiger partial charge in [-0.2, -0.15) is 0 Å². The summed E-state index contributed by atoms with van der Waals surface area (Å²) < 4.78 is 59.9. The number of amides is 1. The van der Waals surface area contributed by atoms with Crippen LogP contribution in [0.15, 0.2) is 82.6 Å². The number of sulfonamides is 1. The van der Waals surface area contributed by atoms with E-state index in [2.05, 4.69) is 5.32 Å². The van der Waals surface area contributed by atoms with Crippen LogP contribution in [-0.4, -0.2) is 40.8 Å². The smallest absolute Gasteiger partial charge is 0.326 e. The van der Waals surface area contributed by atoms with Gasteiger partial charge in [0, 0.05) is 32.3 Å². The van der Waals surface area contributed by atoms with Crippen LogP contribution in [0, 0.1) is 11.6 Å². The molecule has 0 unspecified atom stereocenters. The lowest BCUT2D eigenvalue weighted by Crippen LogP contribution is -2.43. The van der Waals surface area contributed by atoms with E-state index in [1.807, 2.05) is 4.72 Å². The molecule has 1 amide bonds. The summed E-state index contributed by atoms with van der Waals surface area (Å²) in [5, 5.41) is 11.7. The number of benzene rings is 3. The monoisotopic (exact) mass is 585 g/mol. The van der Waals surface area contributed by atoms with E-state index in [-0.39, 0.29) is 23.4 Å². The molecular weight excluding hydrogens is 560 g/mol. The predicted octanol–water partition coefficient (Wildman–Crippen LogP) is 2.14. The van der Waals surface area contributed by atoms with E-state index in [0.29, 0.717) is 28.9 Å². The van der Waals surface area contributed by atoms with Crippen LogP contribution >= 0.6 is 0 Å². The normalized spacial score (nSPS) is 12.1. The van der Waals surface area contributed by atoms with E-state index in [1.165, 1.54) is 35.0 Å². The summed E-state index contributed by atoms with van der Waals surface area (Å²) in [5.74, 6) is -5.60. The molecule has 0 bridgehead atoms. The number of carbonyl (C=O) groups excluding carboxylic acids is 1. The van der Waals surface area contributed by atoms with Gasteiger partial charge in [0.15, 0.2) is 0 Å². The third kappa shape index (κ3) is 6.50. The fraction of sp³-hybridized carbons (Fsp3) is 0.148. The van der Waals surface area contributed by atoms with Crippen LogP contribution < -0.4 is 21.3 Å². The summed E-state index contributed by atoms with van der Waals surface area (Å²) in [5.41, 5.74) is 5.34. The number of nitrogens with zero attached hydrogens (tertiary/aromatic N) is 2. The fourth-order valence-electron chi connectivity index (χ4n) is 4.08. The van der Waals surface area contributed by atoms with Gasteiger partial charge in [-0.1, -0.05) is 24.3 Å². The molecule has 0 aliphatic heterocycles. The average Bonchev–Trinajstić information content (AvgIpc) is 3.25. The Bertz CT molecular complexity index is 1740. The van der Waals surface area contributed by atoms with Crippen molar-refractivity contribution in [1.29, 1.82) is 0 Å². The standard InChI is InChI=1S/C27H25F2N5O6S/c1-33-11-10-24(35)34(33)19-6-2-16(3-7-19)12-23(27(37)38)31-26(36)25-21(28)13-18(14-22(25)29)32-41(39,40)20-8-4-17(15-30)5-9-20/h2-11,13-14,23,32H,12,15,30H2,1H3,(H,31,36)(H,37,38)/t23-/m0/s1. The van der Waals surface area contributed by atoms with Crippen molar-refractivity contribution in [1.82, 2.24) is 14.7 Å². The van der Waals surface area contributed by atoms with Gasteiger partial charge in [0.2, 0.25) is 0 Å². The largest absolute Gasteiger partial charge is 0.480 e. The van der Waals surface area contributed by atoms with Gasteiger partial charge in [0.25, 0.3) is 21.5 Å². The number of hydrogen-bond acceptors (Lipinski definition) is 6. The Balaban J connectivity index is 1.49. The number of hydrogen-bond donors (Lipinski definition) is 4. The molecule has 1 atom stereocenters. The van der Waals surface area contributed by atoms with E-state index in [4.69, 9.17) is 5.73 Å². The Hall–Kier alpha value is -4.82. The van der Waals surface area contributed by atoms with Crippen molar-refractivity contribution in [3.63, 3.8) is 0 Å². The lowest BCUT2D eigenvalue weighted by molar-refractivity contribution is -0.139. The van der Waals surface area contributed by atoms with E-state index in [1.54, 1.807) is 42.2 Å². The highest BCUT2D eigenvalue weighted by molar-refractivity contribution is 7.92. The van der Waals surface area contributed by atoms with Crippen LogP contribution in [0.25, 0.3) is 5.69 Å². The van der Waals surface area contributed by atoms with Crippen LogP contribution in [0.5, 0.6) is 0 Å². The molecule has 41 heavy (non-hydrogen) atoms. The third-order valence-electron chi connectivity index (χ3n) is 6.17. The first-order valence-electron chi connectivity index (χ1n) is 12.1. The maximum atomic E-state index is 14.8. The zero-order valence-corrected chi connectivity index (χ0v) is 22.4. The maximum Gasteiger partial charge on any atom is 0.326 e. The molecule has 11 nitrogen and oxygen atoms in total. The fourth-order valence-corrected chi connectivity index (χ4v) is 5.12. The molecule has 14 heteroatoms. The number of rotatable bonds is 10. The summed E-state index contributed by atoms with van der Waals surface area (Å²) in [7, 11) is -2.54. The Morgan fingerprint density at radius 1 is 0.976 bits per heavy atom. The van der Waals surface area contributed by atoms with Crippen molar-refractivity contribution in [3.05, 3.63) is 112 Å². The minimum atomic E-state index is -4.21. The lowest BCUT2D eigenvalue weighted by atomic mass is 10.0. The zero-order valence-electron chi connectivity index (χ0n) is 21.5. The molecule has 0 aliphatic carbocycles. The van der Waals surface area contributed by atoms with E-state index in [9.17, 15) is 36.7 Å². The van der Waals surface area contributed by atoms with Crippen molar-refractivity contribution >= 4 is 27.6 Å². The van der Waals surface area contributed by atoms with Gasteiger partial charge in [0.05, 0.1) is 16.3 Å². The topological polar surface area (TPSA) is 166 Å². The number of carboxylic acid groups (broad SMARTS) is 1. The first kappa shape index (κ1) is 29.2. The van der Waals surface area contributed by atoms with Gasteiger partial charge in [0.1, 0.15) is 23.2 Å². The minimum Gasteiger partial charge on any atom is -0.480 e. The van der Waals surface area contributed by atoms with Crippen molar-refractivity contribution in [2.75, 3.05) is 4.72 Å². The van der Waals surface area contributed by atoms with Crippen LogP contribution in [0.2, 0.25) is 0 Å². The molecule has 4 aromatic rings. The molecule has 3 aromatic carbocycles. The molecule has 0 spiro atoms. The second kappa shape index (κ2) is 11.7. The number of aliphatic carboxylic acids is 1. The van der Waals surface area contributed by atoms with Crippen molar-refractivity contribution < 1.29 is 31.9 Å². The highest BCUT2D eigenvalue weighted by Crippen LogP contribution is 2.23. The van der Waals surface area contributed by atoms with Gasteiger partial charge < -0.3 is 16.2 Å². The number of carboxylic acids is 1. The minimum absolute atomic E-state index is 0.176. The number of aryl methyl sites for hydroxylation is 1. The summed E-state index contributed by atoms with van der Waals surface area (Å²) >= 11 is 0. The van der Waals surface area contributed by atoms with Gasteiger partial charge >= 0.3 is 5.97 Å². The van der Waals surface area contributed by atoms with E-state index >= 15 is 0 Å². The van der Waals surface area contributed by atoms with Gasteiger partial charge in [-0.3, -0.25) is 19.0 Å². The predicted molar refractivity (Wildman–Crippen MR) is 145 cm³/mol. The van der Waals surface area contributed by atoms with Crippen LogP contribution in [0.4, 0.5) is 14.5 Å². The van der Waals surface area contributed by atoms with Crippen LogP contribution in [0.1, 0.15) is 21.5 Å². The van der Waals surface area contributed by atoms with Crippen molar-refractivity contribution in [3.8, 4) is 5.69 Å². The Labute approximate surface area is 232 Å². The number of nitrogens with two attached hydrogens (primary N) is 1. The Morgan fingerprint density at radius 2 is 1.56 bits per heavy atom. The SMILES string of the molecule is Cn1ccc(=O)n1-c1ccc(C[C@H](NC(=O)c2c(F)cc(NS(=O)(=O)c3ccc(CN)cc3)cc2F)C(=O)O)cc1. The number of halogens is 2. The Morgan fingerprint density at radius 3 is 2.07 bits per heavy atom. The number of carbonyl (C=O) groups is 2. The molecule has 5 N–H and O–H groups in total. The first-order valence-corrected chi connectivity index (χ1v) is 13.6. The molecule has 1 aromatic heterocycles. The molecule has 0 saturated heterocycles. The van der Waals surface area contributed by atoms with Crippen molar-refractivity contribution in [2.24, 2.45) is 12.8 Å². The second-order valence-corrected chi connectivity index (χ2v) is 10.7. The second-order valence-electron chi connectivity index (χ2n) is 9.04. The summed E-state index contributed by atoms with van der Waals surface area (Å²) in [6.07, 6.45) is 1.35. The van der Waals surface area contributed by atoms with E-state index < -0.39 is 50.8 Å². The van der Waals surface area contributed by atoms with Gasteiger partial charge in [-0.25, -0.2) is 26.7 Å². The molecule has 0 aliphatic rings. The molecule has 214 valence electrons. The summed E-state index contributed by atoms with van der Waals surface area (Å²) in [4.78, 5) is 36.4. The van der Waals surface area contributed by atoms with Crippen molar-refractivity contribution in [2.45, 2.75) is 23.9 Å². The summed E-state index contributed by atoms with van der Waals surface area (Å²) in [6, 6.07) is 12.9. The molecule has 0 radical (unpaired) electrons. The average molecular weight is 586 g/mol. The molecule has 1 heterocycles. The first-order chi connectivity index (χ1) is 19.4. The molecule has 0 fully saturated rings. The number of nitrogens with one attached hydrogen (secondary N) is 2. The maximum absolute atomic E-state index is 14.8. The molecular formula is C27H25F2N5O6S. The quantitative estimate of drug-likeness (QED) is 0.221. The Kier molecular flexibility index (Phi) is 8.35. The molecule has 0 saturated carbocycles. The number of anilines is 1. The van der Waals surface area contributed by atoms with Gasteiger partial charge in [-0.05, 0) is 47.5 Å². The third-order valence-corrected chi connectivity index (χ3v) is 7.57. The number of aromatic nitrogens is 2. The van der Waals surface area contributed by atoms with Crippen LogP contribution in [-0.2, 0) is 34.8 Å². The summed E-state index contributed by atoms with van der Waals surface area (Å²) in [6.45, 7) is 0.194. The highest BCUT2D eigenvalue weighted by atomic mass is 32.2.